The van der Waals surface area contributed by atoms with E-state index in [4.69, 9.17) is 16.6 Å². The maximum absolute atomic E-state index is 11.3. The predicted octanol–water partition coefficient (Wildman–Crippen LogP) is 10.0. The van der Waals surface area contributed by atoms with Crippen molar-refractivity contribution in [3.63, 3.8) is 0 Å². The van der Waals surface area contributed by atoms with Gasteiger partial charge in [0.2, 0.25) is 11.8 Å². The first-order chi connectivity index (χ1) is 20.1. The summed E-state index contributed by atoms with van der Waals surface area (Å²) in [4.78, 5) is 22.0. The number of unbranched alkanes of at least 4 members (excludes halogenated alkanes) is 28. The van der Waals surface area contributed by atoms with Crippen LogP contribution in [0.5, 0.6) is 0 Å². The highest BCUT2D eigenvalue weighted by Crippen LogP contribution is 2.18. The van der Waals surface area contributed by atoms with E-state index in [0.29, 0.717) is 12.8 Å². The lowest BCUT2D eigenvalue weighted by Gasteiger charge is -2.11. The highest BCUT2D eigenvalue weighted by Gasteiger charge is 2.13. The van der Waals surface area contributed by atoms with Gasteiger partial charge in [0.1, 0.15) is 0 Å². The molecule has 0 spiro atoms. The first kappa shape index (κ1) is 39.9. The number of primary amides is 2. The van der Waals surface area contributed by atoms with E-state index < -0.39 is 0 Å². The largest absolute Gasteiger partial charge is 0.396 e. The molecule has 1 atom stereocenters. The Morgan fingerprint density at radius 2 is 0.634 bits per heavy atom. The number of rotatable bonds is 35. The van der Waals surface area contributed by atoms with Gasteiger partial charge in [-0.2, -0.15) is 0 Å². The lowest BCUT2D eigenvalue weighted by Crippen LogP contribution is -2.24. The molecule has 5 nitrogen and oxygen atoms in total. The summed E-state index contributed by atoms with van der Waals surface area (Å²) in [6, 6.07) is 0. The van der Waals surface area contributed by atoms with Crippen molar-refractivity contribution in [2.24, 2.45) is 17.4 Å². The number of carbonyl (C=O) groups is 2. The van der Waals surface area contributed by atoms with Gasteiger partial charge in [-0.3, -0.25) is 9.59 Å². The first-order valence-electron chi connectivity index (χ1n) is 18.3. The SMILES string of the molecule is NC(=O)CCCCCCCCCCCCCCCCCCCCCCCCCCCCCCCC(CCO)C(N)=O. The van der Waals surface area contributed by atoms with Gasteiger partial charge in [-0.25, -0.2) is 0 Å². The van der Waals surface area contributed by atoms with Crippen LogP contribution in [0.3, 0.4) is 0 Å². The molecule has 0 aliphatic carbocycles. The van der Waals surface area contributed by atoms with E-state index in [9.17, 15) is 9.59 Å². The molecule has 0 saturated carbocycles. The smallest absolute Gasteiger partial charge is 0.220 e. The molecule has 2 amide bonds. The molecule has 0 aliphatic rings. The predicted molar refractivity (Wildman–Crippen MR) is 177 cm³/mol. The van der Waals surface area contributed by atoms with Crippen molar-refractivity contribution >= 4 is 11.8 Å². The average molecular weight is 581 g/mol. The first-order valence-corrected chi connectivity index (χ1v) is 18.3. The molecule has 0 aromatic heterocycles. The summed E-state index contributed by atoms with van der Waals surface area (Å²) in [6.07, 6.45) is 41.1. The summed E-state index contributed by atoms with van der Waals surface area (Å²) < 4.78 is 0. The molecule has 0 aromatic carbocycles. The zero-order valence-corrected chi connectivity index (χ0v) is 27.3. The van der Waals surface area contributed by atoms with E-state index in [-0.39, 0.29) is 24.3 Å². The van der Waals surface area contributed by atoms with Crippen LogP contribution in [-0.4, -0.2) is 23.5 Å². The Hall–Kier alpha value is -1.10. The standard InChI is InChI=1S/C36H72N2O3/c37-35(40)31-29-27-25-23-21-19-17-15-13-11-9-7-5-3-1-2-4-6-8-10-12-14-16-18-20-22-24-26-28-30-34(32-33-39)36(38)41/h34,39H,1-33H2,(H2,37,40)(H2,38,41). The van der Waals surface area contributed by atoms with Gasteiger partial charge in [-0.1, -0.05) is 180 Å². The molecular weight excluding hydrogens is 508 g/mol. The Labute approximate surface area is 255 Å². The second-order valence-electron chi connectivity index (χ2n) is 12.9. The molecule has 0 fully saturated rings. The third-order valence-corrected chi connectivity index (χ3v) is 8.86. The molecule has 0 saturated heterocycles. The summed E-state index contributed by atoms with van der Waals surface area (Å²) in [5.41, 5.74) is 10.6. The van der Waals surface area contributed by atoms with Crippen molar-refractivity contribution in [2.75, 3.05) is 6.61 Å². The fourth-order valence-electron chi connectivity index (χ4n) is 6.05. The van der Waals surface area contributed by atoms with Gasteiger partial charge in [0.25, 0.3) is 0 Å². The minimum absolute atomic E-state index is 0.0568. The molecule has 5 N–H and O–H groups in total. The van der Waals surface area contributed by atoms with Crippen molar-refractivity contribution in [3.8, 4) is 0 Å². The lowest BCUT2D eigenvalue weighted by atomic mass is 9.96. The molecule has 5 heteroatoms. The van der Waals surface area contributed by atoms with Crippen LogP contribution in [-0.2, 0) is 9.59 Å². The van der Waals surface area contributed by atoms with E-state index in [1.165, 1.54) is 167 Å². The third kappa shape index (κ3) is 33.3. The Kier molecular flexibility index (Phi) is 32.5. The van der Waals surface area contributed by atoms with E-state index in [0.717, 1.165) is 25.7 Å². The van der Waals surface area contributed by atoms with Gasteiger partial charge in [-0.05, 0) is 19.3 Å². The van der Waals surface area contributed by atoms with Crippen LogP contribution in [0, 0.1) is 5.92 Å². The molecule has 1 unspecified atom stereocenters. The number of carbonyl (C=O) groups excluding carboxylic acids is 2. The van der Waals surface area contributed by atoms with Crippen LogP contribution in [0.15, 0.2) is 0 Å². The molecule has 0 aliphatic heterocycles. The number of hydrogen-bond acceptors (Lipinski definition) is 3. The van der Waals surface area contributed by atoms with Gasteiger partial charge in [0.15, 0.2) is 0 Å². The summed E-state index contributed by atoms with van der Waals surface area (Å²) in [6.45, 7) is 0.0568. The van der Waals surface area contributed by atoms with Crippen LogP contribution >= 0.6 is 0 Å². The molecule has 41 heavy (non-hydrogen) atoms. The Balaban J connectivity index is 3.12. The molecule has 0 aromatic rings. The Morgan fingerprint density at radius 3 is 0.854 bits per heavy atom. The quantitative estimate of drug-likeness (QED) is 0.0649. The van der Waals surface area contributed by atoms with Crippen LogP contribution in [0.25, 0.3) is 0 Å². The molecule has 244 valence electrons. The van der Waals surface area contributed by atoms with Crippen molar-refractivity contribution in [3.05, 3.63) is 0 Å². The second kappa shape index (κ2) is 33.4. The number of aliphatic hydroxyl groups excluding tert-OH is 1. The van der Waals surface area contributed by atoms with Crippen LogP contribution in [0.1, 0.15) is 205 Å². The zero-order chi connectivity index (χ0) is 30.1. The van der Waals surface area contributed by atoms with Crippen molar-refractivity contribution < 1.29 is 14.7 Å². The molecular formula is C36H72N2O3. The van der Waals surface area contributed by atoms with Gasteiger partial charge in [0.05, 0.1) is 0 Å². The molecule has 0 bridgehead atoms. The van der Waals surface area contributed by atoms with E-state index in [1.807, 2.05) is 0 Å². The molecule has 0 heterocycles. The summed E-state index contributed by atoms with van der Waals surface area (Å²) in [5.74, 6) is -0.551. The second-order valence-corrected chi connectivity index (χ2v) is 12.9. The topological polar surface area (TPSA) is 106 Å². The van der Waals surface area contributed by atoms with E-state index >= 15 is 0 Å². The normalized spacial score (nSPS) is 12.1. The number of hydrogen-bond donors (Lipinski definition) is 3. The monoisotopic (exact) mass is 581 g/mol. The van der Waals surface area contributed by atoms with Gasteiger partial charge >= 0.3 is 0 Å². The highest BCUT2D eigenvalue weighted by molar-refractivity contribution is 5.76. The third-order valence-electron chi connectivity index (χ3n) is 8.86. The maximum Gasteiger partial charge on any atom is 0.220 e. The van der Waals surface area contributed by atoms with Crippen molar-refractivity contribution in [2.45, 2.75) is 205 Å². The van der Waals surface area contributed by atoms with Crippen molar-refractivity contribution in [1.29, 1.82) is 0 Å². The maximum atomic E-state index is 11.3. The van der Waals surface area contributed by atoms with Gasteiger partial charge in [-0.15, -0.1) is 0 Å². The summed E-state index contributed by atoms with van der Waals surface area (Å²) in [7, 11) is 0. The van der Waals surface area contributed by atoms with Crippen LogP contribution in [0.4, 0.5) is 0 Å². The number of aliphatic hydroxyl groups is 1. The number of amides is 2. The molecule has 0 radical (unpaired) electrons. The fourth-order valence-corrected chi connectivity index (χ4v) is 6.05. The van der Waals surface area contributed by atoms with E-state index in [2.05, 4.69) is 0 Å². The lowest BCUT2D eigenvalue weighted by molar-refractivity contribution is -0.122. The Bertz CT molecular complexity index is 555. The van der Waals surface area contributed by atoms with Gasteiger partial charge < -0.3 is 16.6 Å². The highest BCUT2D eigenvalue weighted by atomic mass is 16.3. The summed E-state index contributed by atoms with van der Waals surface area (Å²) in [5, 5.41) is 8.99. The zero-order valence-electron chi connectivity index (χ0n) is 27.3. The average Bonchev–Trinajstić information content (AvgIpc) is 2.95. The van der Waals surface area contributed by atoms with E-state index in [1.54, 1.807) is 0 Å². The fraction of sp³-hybridized carbons (Fsp3) is 0.944. The summed E-state index contributed by atoms with van der Waals surface area (Å²) >= 11 is 0. The van der Waals surface area contributed by atoms with Crippen molar-refractivity contribution in [1.82, 2.24) is 0 Å². The minimum atomic E-state index is -0.256. The Morgan fingerprint density at radius 1 is 0.390 bits per heavy atom. The van der Waals surface area contributed by atoms with Crippen LogP contribution in [0.2, 0.25) is 0 Å². The minimum Gasteiger partial charge on any atom is -0.396 e. The number of nitrogens with two attached hydrogens (primary N) is 2. The van der Waals surface area contributed by atoms with Gasteiger partial charge in [0, 0.05) is 18.9 Å². The molecule has 0 rings (SSSR count). The van der Waals surface area contributed by atoms with Crippen LogP contribution < -0.4 is 11.5 Å².